The van der Waals surface area contributed by atoms with E-state index in [1.165, 1.54) is 4.31 Å². The fourth-order valence-electron chi connectivity index (χ4n) is 1.77. The second-order valence-corrected chi connectivity index (χ2v) is 7.35. The molecule has 0 radical (unpaired) electrons. The molecule has 1 aromatic heterocycles. The Hall–Kier alpha value is -0.570. The number of H-pyrrole nitrogens is 1. The van der Waals surface area contributed by atoms with Crippen LogP contribution in [0.25, 0.3) is 0 Å². The molecule has 0 fully saturated rings. The number of hydrogen-bond donors (Lipinski definition) is 2. The number of nitrogens with zero attached hydrogens (tertiary/aromatic N) is 2. The van der Waals surface area contributed by atoms with Gasteiger partial charge in [0.05, 0.1) is 12.3 Å². The first-order chi connectivity index (χ1) is 8.86. The summed E-state index contributed by atoms with van der Waals surface area (Å²) in [6.07, 6.45) is 2.77. The van der Waals surface area contributed by atoms with Gasteiger partial charge in [0, 0.05) is 13.1 Å². The predicted octanol–water partition coefficient (Wildman–Crippen LogP) is 0.973. The molecular weight excluding hydrogens is 286 g/mol. The molecule has 1 rings (SSSR count). The molecule has 1 heterocycles. The quantitative estimate of drug-likeness (QED) is 0.784. The van der Waals surface area contributed by atoms with Crippen molar-refractivity contribution in [2.24, 2.45) is 0 Å². The van der Waals surface area contributed by atoms with E-state index >= 15 is 0 Å². The molecule has 1 aromatic rings. The second kappa shape index (κ2) is 6.74. The van der Waals surface area contributed by atoms with Gasteiger partial charge in [0.15, 0.2) is 0 Å². The van der Waals surface area contributed by atoms with Gasteiger partial charge < -0.3 is 5.11 Å². The molecule has 0 saturated heterocycles. The lowest BCUT2D eigenvalue weighted by Gasteiger charge is -2.24. The monoisotopic (exact) mass is 307 g/mol. The van der Waals surface area contributed by atoms with E-state index in [0.29, 0.717) is 5.69 Å². The molecule has 0 aliphatic carbocycles. The highest BCUT2D eigenvalue weighted by molar-refractivity contribution is 7.98. The van der Waals surface area contributed by atoms with Crippen molar-refractivity contribution in [3.05, 3.63) is 11.4 Å². The van der Waals surface area contributed by atoms with Gasteiger partial charge in [0.25, 0.3) is 0 Å². The van der Waals surface area contributed by atoms with Gasteiger partial charge in [-0.15, -0.1) is 0 Å². The van der Waals surface area contributed by atoms with Crippen LogP contribution in [0.3, 0.4) is 0 Å². The summed E-state index contributed by atoms with van der Waals surface area (Å²) in [5.74, 6) is 0.901. The van der Waals surface area contributed by atoms with Crippen LogP contribution >= 0.6 is 11.8 Å². The molecule has 1 unspecified atom stereocenters. The van der Waals surface area contributed by atoms with Crippen molar-refractivity contribution < 1.29 is 13.5 Å². The van der Waals surface area contributed by atoms with Gasteiger partial charge in [-0.1, -0.05) is 0 Å². The molecule has 1 atom stereocenters. The molecular formula is C11H21N3O3S2. The largest absolute Gasteiger partial charge is 0.390 e. The van der Waals surface area contributed by atoms with Crippen LogP contribution in [0.15, 0.2) is 4.90 Å². The predicted molar refractivity (Wildman–Crippen MR) is 76.7 cm³/mol. The van der Waals surface area contributed by atoms with Crippen LogP contribution in [0.4, 0.5) is 0 Å². The molecule has 0 aliphatic heterocycles. The Morgan fingerprint density at radius 2 is 2.16 bits per heavy atom. The third-order valence-electron chi connectivity index (χ3n) is 3.11. The maximum Gasteiger partial charge on any atom is 0.246 e. The van der Waals surface area contributed by atoms with Crippen molar-refractivity contribution in [1.82, 2.24) is 14.5 Å². The number of nitrogens with one attached hydrogen (secondary N) is 1. The van der Waals surface area contributed by atoms with E-state index < -0.39 is 16.6 Å². The maximum absolute atomic E-state index is 12.5. The van der Waals surface area contributed by atoms with Gasteiger partial charge in [-0.05, 0) is 32.3 Å². The zero-order valence-electron chi connectivity index (χ0n) is 11.7. The van der Waals surface area contributed by atoms with Crippen molar-refractivity contribution >= 4 is 21.8 Å². The number of aliphatic hydroxyl groups is 1. The normalized spacial score (nSPS) is 14.0. The van der Waals surface area contributed by atoms with E-state index in [9.17, 15) is 13.5 Å². The zero-order valence-corrected chi connectivity index (χ0v) is 13.3. The first-order valence-electron chi connectivity index (χ1n) is 5.97. The summed E-state index contributed by atoms with van der Waals surface area (Å²) in [4.78, 5) is 0.0912. The Bertz CT molecular complexity index is 513. The zero-order chi connectivity index (χ0) is 14.6. The number of sulfonamides is 1. The van der Waals surface area contributed by atoms with Crippen molar-refractivity contribution in [3.63, 3.8) is 0 Å². The van der Waals surface area contributed by atoms with Crippen LogP contribution in [-0.4, -0.2) is 53.1 Å². The lowest BCUT2D eigenvalue weighted by Crippen LogP contribution is -2.36. The molecule has 0 amide bonds. The van der Waals surface area contributed by atoms with Crippen LogP contribution in [0.5, 0.6) is 0 Å². The van der Waals surface area contributed by atoms with E-state index in [0.717, 1.165) is 12.2 Å². The summed E-state index contributed by atoms with van der Waals surface area (Å²) in [6, 6.07) is -0.0988. The maximum atomic E-state index is 12.5. The number of aromatic nitrogens is 2. The molecule has 0 bridgehead atoms. The molecule has 0 aromatic carbocycles. The number of aromatic amines is 1. The van der Waals surface area contributed by atoms with Gasteiger partial charge in [0.2, 0.25) is 10.0 Å². The van der Waals surface area contributed by atoms with Crippen molar-refractivity contribution in [2.45, 2.75) is 37.8 Å². The van der Waals surface area contributed by atoms with Crippen LogP contribution < -0.4 is 0 Å². The Morgan fingerprint density at radius 1 is 1.53 bits per heavy atom. The van der Waals surface area contributed by atoms with E-state index in [-0.39, 0.29) is 16.6 Å². The van der Waals surface area contributed by atoms with Gasteiger partial charge in [-0.25, -0.2) is 8.42 Å². The van der Waals surface area contributed by atoms with Crippen LogP contribution in [0.2, 0.25) is 0 Å². The highest BCUT2D eigenvalue weighted by Gasteiger charge is 2.30. The van der Waals surface area contributed by atoms with E-state index in [4.69, 9.17) is 0 Å². The lowest BCUT2D eigenvalue weighted by molar-refractivity contribution is 0.272. The molecule has 0 aliphatic rings. The molecule has 6 nitrogen and oxygen atoms in total. The van der Waals surface area contributed by atoms with Crippen LogP contribution in [0.1, 0.15) is 24.7 Å². The summed E-state index contributed by atoms with van der Waals surface area (Å²) >= 11 is 1.69. The standard InChI is InChI=1S/C11H21N3O3S2/c1-8(5-6-18-4)14(3)19(16,17)11-9(2)12-13-10(11)7-15/h8,15H,5-7H2,1-4H3,(H,12,13). The fourth-order valence-corrected chi connectivity index (χ4v) is 4.05. The van der Waals surface area contributed by atoms with E-state index in [1.54, 1.807) is 25.7 Å². The van der Waals surface area contributed by atoms with E-state index in [2.05, 4.69) is 10.2 Å². The summed E-state index contributed by atoms with van der Waals surface area (Å²) in [5, 5.41) is 15.6. The molecule has 2 N–H and O–H groups in total. The first kappa shape index (κ1) is 16.5. The SMILES string of the molecule is CSCCC(C)N(C)S(=O)(=O)c1c(CO)n[nH]c1C. The molecule has 19 heavy (non-hydrogen) atoms. The number of hydrogen-bond acceptors (Lipinski definition) is 5. The Balaban J connectivity index is 3.06. The van der Waals surface area contributed by atoms with Gasteiger partial charge >= 0.3 is 0 Å². The molecule has 110 valence electrons. The molecule has 0 saturated carbocycles. The Labute approximate surface area is 118 Å². The highest BCUT2D eigenvalue weighted by atomic mass is 32.2. The highest BCUT2D eigenvalue weighted by Crippen LogP contribution is 2.23. The van der Waals surface area contributed by atoms with Gasteiger partial charge in [0.1, 0.15) is 10.6 Å². The summed E-state index contributed by atoms with van der Waals surface area (Å²) < 4.78 is 26.4. The van der Waals surface area contributed by atoms with Crippen LogP contribution in [-0.2, 0) is 16.6 Å². The van der Waals surface area contributed by atoms with Gasteiger partial charge in [-0.3, -0.25) is 5.10 Å². The fraction of sp³-hybridized carbons (Fsp3) is 0.727. The minimum atomic E-state index is -3.63. The second-order valence-electron chi connectivity index (χ2n) is 4.43. The lowest BCUT2D eigenvalue weighted by atomic mass is 10.3. The van der Waals surface area contributed by atoms with Crippen molar-refractivity contribution in [2.75, 3.05) is 19.1 Å². The topological polar surface area (TPSA) is 86.3 Å². The van der Waals surface area contributed by atoms with Crippen molar-refractivity contribution in [3.8, 4) is 0 Å². The Morgan fingerprint density at radius 3 is 2.68 bits per heavy atom. The third-order valence-corrected chi connectivity index (χ3v) is 5.93. The first-order valence-corrected chi connectivity index (χ1v) is 8.81. The average molecular weight is 307 g/mol. The Kier molecular flexibility index (Phi) is 5.84. The minimum Gasteiger partial charge on any atom is -0.390 e. The minimum absolute atomic E-state index is 0.0912. The number of thioether (sulfide) groups is 1. The third kappa shape index (κ3) is 3.50. The summed E-state index contributed by atoms with van der Waals surface area (Å²) in [7, 11) is -2.06. The number of aliphatic hydroxyl groups excluding tert-OH is 1. The summed E-state index contributed by atoms with van der Waals surface area (Å²) in [6.45, 7) is 3.12. The number of rotatable bonds is 7. The smallest absolute Gasteiger partial charge is 0.246 e. The number of aryl methyl sites for hydroxylation is 1. The summed E-state index contributed by atoms with van der Waals surface area (Å²) in [5.41, 5.74) is 0.620. The van der Waals surface area contributed by atoms with E-state index in [1.807, 2.05) is 13.2 Å². The average Bonchev–Trinajstić information content (AvgIpc) is 2.76. The molecule has 8 heteroatoms. The van der Waals surface area contributed by atoms with Crippen molar-refractivity contribution in [1.29, 1.82) is 0 Å². The molecule has 0 spiro atoms. The van der Waals surface area contributed by atoms with Gasteiger partial charge in [-0.2, -0.15) is 21.2 Å². The van der Waals surface area contributed by atoms with Crippen LogP contribution in [0, 0.1) is 6.92 Å².